The summed E-state index contributed by atoms with van der Waals surface area (Å²) in [5.74, 6) is -0.923. The van der Waals surface area contributed by atoms with Crippen LogP contribution in [0.5, 0.6) is 0 Å². The molecule has 0 radical (unpaired) electrons. The van der Waals surface area contributed by atoms with Gasteiger partial charge in [-0.2, -0.15) is 0 Å². The number of hydrogen-bond donors (Lipinski definition) is 2. The maximum absolute atomic E-state index is 11.9. The highest BCUT2D eigenvalue weighted by molar-refractivity contribution is 5.87. The minimum Gasteiger partial charge on any atom is -0.478 e. The Morgan fingerprint density at radius 2 is 1.95 bits per heavy atom. The van der Waals surface area contributed by atoms with Gasteiger partial charge in [0.15, 0.2) is 0 Å². The van der Waals surface area contributed by atoms with Gasteiger partial charge in [0.25, 0.3) is 0 Å². The van der Waals surface area contributed by atoms with Gasteiger partial charge in [0.2, 0.25) is 0 Å². The van der Waals surface area contributed by atoms with Crippen molar-refractivity contribution in [1.29, 1.82) is 0 Å². The van der Waals surface area contributed by atoms with Gasteiger partial charge >= 0.3 is 12.0 Å². The van der Waals surface area contributed by atoms with Gasteiger partial charge in [0.05, 0.1) is 5.56 Å². The van der Waals surface area contributed by atoms with Crippen molar-refractivity contribution in [3.63, 3.8) is 0 Å². The maximum Gasteiger partial charge on any atom is 0.335 e. The molecule has 1 aromatic rings. The quantitative estimate of drug-likeness (QED) is 0.836. The van der Waals surface area contributed by atoms with Crippen molar-refractivity contribution in [3.05, 3.63) is 35.4 Å². The zero-order chi connectivity index (χ0) is 14.5. The van der Waals surface area contributed by atoms with Crippen molar-refractivity contribution in [3.8, 4) is 0 Å². The summed E-state index contributed by atoms with van der Waals surface area (Å²) in [6.07, 6.45) is 2.92. The third kappa shape index (κ3) is 3.73. The highest BCUT2D eigenvalue weighted by atomic mass is 16.4. The van der Waals surface area contributed by atoms with Crippen LogP contribution in [0.4, 0.5) is 4.79 Å². The van der Waals surface area contributed by atoms with Crippen LogP contribution in [0.2, 0.25) is 0 Å². The van der Waals surface area contributed by atoms with Crippen LogP contribution < -0.4 is 5.32 Å². The van der Waals surface area contributed by atoms with E-state index in [1.54, 1.807) is 24.3 Å². The Kier molecular flexibility index (Phi) is 4.61. The summed E-state index contributed by atoms with van der Waals surface area (Å²) in [6.45, 7) is 3.29. The minimum atomic E-state index is -0.923. The maximum atomic E-state index is 11.9. The fourth-order valence-electron chi connectivity index (χ4n) is 2.18. The van der Waals surface area contributed by atoms with Crippen LogP contribution in [0, 0.1) is 0 Å². The zero-order valence-corrected chi connectivity index (χ0v) is 11.6. The first-order valence-corrected chi connectivity index (χ1v) is 6.98. The molecule has 0 bridgehead atoms. The summed E-state index contributed by atoms with van der Waals surface area (Å²) >= 11 is 0. The molecule has 0 aliphatic heterocycles. The second-order valence-corrected chi connectivity index (χ2v) is 5.00. The van der Waals surface area contributed by atoms with E-state index in [0.29, 0.717) is 19.0 Å². The largest absolute Gasteiger partial charge is 0.478 e. The molecule has 1 saturated carbocycles. The SMILES string of the molecule is CCN(C(=O)NCCc1ccc(C(=O)O)cc1)C1CC1. The van der Waals surface area contributed by atoms with Crippen molar-refractivity contribution in [2.24, 2.45) is 0 Å². The summed E-state index contributed by atoms with van der Waals surface area (Å²) in [4.78, 5) is 24.5. The van der Waals surface area contributed by atoms with Gasteiger partial charge in [0.1, 0.15) is 0 Å². The van der Waals surface area contributed by atoms with Gasteiger partial charge < -0.3 is 15.3 Å². The number of hydrogen-bond acceptors (Lipinski definition) is 2. The molecule has 1 aromatic carbocycles. The van der Waals surface area contributed by atoms with Crippen LogP contribution in [0.15, 0.2) is 24.3 Å². The number of benzene rings is 1. The highest BCUT2D eigenvalue weighted by Crippen LogP contribution is 2.26. The van der Waals surface area contributed by atoms with Crippen molar-refractivity contribution in [2.45, 2.75) is 32.2 Å². The Morgan fingerprint density at radius 1 is 1.30 bits per heavy atom. The van der Waals surface area contributed by atoms with Gasteiger partial charge in [-0.25, -0.2) is 9.59 Å². The lowest BCUT2D eigenvalue weighted by atomic mass is 10.1. The van der Waals surface area contributed by atoms with Gasteiger partial charge in [0, 0.05) is 19.1 Å². The van der Waals surface area contributed by atoms with Gasteiger partial charge in [-0.15, -0.1) is 0 Å². The van der Waals surface area contributed by atoms with Crippen LogP contribution in [-0.4, -0.2) is 41.1 Å². The van der Waals surface area contributed by atoms with Crippen LogP contribution in [-0.2, 0) is 6.42 Å². The van der Waals surface area contributed by atoms with Crippen molar-refractivity contribution >= 4 is 12.0 Å². The molecule has 0 atom stereocenters. The molecule has 2 amide bonds. The number of nitrogens with one attached hydrogen (secondary N) is 1. The molecule has 0 spiro atoms. The first-order valence-electron chi connectivity index (χ1n) is 6.98. The predicted molar refractivity (Wildman–Crippen MR) is 75.9 cm³/mol. The van der Waals surface area contributed by atoms with Crippen LogP contribution in [0.3, 0.4) is 0 Å². The monoisotopic (exact) mass is 276 g/mol. The first-order chi connectivity index (χ1) is 9.61. The average molecular weight is 276 g/mol. The number of carboxylic acid groups (broad SMARTS) is 1. The van der Waals surface area contributed by atoms with Crippen LogP contribution in [0.25, 0.3) is 0 Å². The Hall–Kier alpha value is -2.04. The number of urea groups is 1. The molecule has 108 valence electrons. The molecule has 20 heavy (non-hydrogen) atoms. The molecule has 0 aromatic heterocycles. The zero-order valence-electron chi connectivity index (χ0n) is 11.6. The van der Waals surface area contributed by atoms with E-state index in [1.807, 2.05) is 11.8 Å². The topological polar surface area (TPSA) is 69.6 Å². The number of carboxylic acids is 1. The van der Waals surface area contributed by atoms with Crippen LogP contribution in [0.1, 0.15) is 35.7 Å². The smallest absolute Gasteiger partial charge is 0.335 e. The summed E-state index contributed by atoms with van der Waals surface area (Å²) in [7, 11) is 0. The average Bonchev–Trinajstić information content (AvgIpc) is 3.25. The fraction of sp³-hybridized carbons (Fsp3) is 0.467. The minimum absolute atomic E-state index is 0.00263. The van der Waals surface area contributed by atoms with E-state index < -0.39 is 5.97 Å². The molecule has 1 fully saturated rings. The lowest BCUT2D eigenvalue weighted by Gasteiger charge is -2.20. The lowest BCUT2D eigenvalue weighted by molar-refractivity contribution is 0.0697. The molecule has 1 aliphatic carbocycles. The third-order valence-corrected chi connectivity index (χ3v) is 3.48. The normalized spacial score (nSPS) is 13.8. The number of rotatable bonds is 6. The molecule has 0 saturated heterocycles. The number of nitrogens with zero attached hydrogens (tertiary/aromatic N) is 1. The predicted octanol–water partition coefficient (Wildman–Crippen LogP) is 2.12. The van der Waals surface area contributed by atoms with Crippen molar-refractivity contribution < 1.29 is 14.7 Å². The lowest BCUT2D eigenvalue weighted by Crippen LogP contribution is -2.41. The van der Waals surface area contributed by atoms with Crippen LogP contribution >= 0.6 is 0 Å². The first kappa shape index (κ1) is 14.4. The molecule has 2 rings (SSSR count). The Morgan fingerprint density at radius 3 is 2.45 bits per heavy atom. The third-order valence-electron chi connectivity index (χ3n) is 3.48. The number of amides is 2. The number of carbonyl (C=O) groups is 2. The van der Waals surface area contributed by atoms with E-state index in [9.17, 15) is 9.59 Å². The molecule has 5 heteroatoms. The van der Waals surface area contributed by atoms with Crippen molar-refractivity contribution in [2.75, 3.05) is 13.1 Å². The standard InChI is InChI=1S/C15H20N2O3/c1-2-17(13-7-8-13)15(20)16-10-9-11-3-5-12(6-4-11)14(18)19/h3-6,13H,2,7-10H2,1H3,(H,16,20)(H,18,19). The number of aromatic carboxylic acids is 1. The van der Waals surface area contributed by atoms with E-state index >= 15 is 0 Å². The highest BCUT2D eigenvalue weighted by Gasteiger charge is 2.30. The van der Waals surface area contributed by atoms with E-state index in [0.717, 1.165) is 24.9 Å². The molecule has 0 heterocycles. The molecule has 1 aliphatic rings. The molecular weight excluding hydrogens is 256 g/mol. The molecular formula is C15H20N2O3. The van der Waals surface area contributed by atoms with E-state index in [4.69, 9.17) is 5.11 Å². The fourth-order valence-corrected chi connectivity index (χ4v) is 2.18. The molecule has 2 N–H and O–H groups in total. The summed E-state index contributed by atoms with van der Waals surface area (Å²) in [5.41, 5.74) is 1.30. The van der Waals surface area contributed by atoms with E-state index in [1.165, 1.54) is 0 Å². The molecule has 5 nitrogen and oxygen atoms in total. The van der Waals surface area contributed by atoms with Gasteiger partial charge in [-0.1, -0.05) is 12.1 Å². The molecule has 0 unspecified atom stereocenters. The van der Waals surface area contributed by atoms with Crippen molar-refractivity contribution in [1.82, 2.24) is 10.2 Å². The van der Waals surface area contributed by atoms with E-state index in [2.05, 4.69) is 5.32 Å². The van der Waals surface area contributed by atoms with Gasteiger partial charge in [-0.3, -0.25) is 0 Å². The summed E-state index contributed by atoms with van der Waals surface area (Å²) in [5, 5.41) is 11.7. The Labute approximate surface area is 118 Å². The van der Waals surface area contributed by atoms with Gasteiger partial charge in [-0.05, 0) is 43.9 Å². The summed E-state index contributed by atoms with van der Waals surface area (Å²) in [6, 6.07) is 7.17. The number of carbonyl (C=O) groups excluding carboxylic acids is 1. The second-order valence-electron chi connectivity index (χ2n) is 5.00. The Balaban J connectivity index is 1.77. The second kappa shape index (κ2) is 6.41. The van der Waals surface area contributed by atoms with E-state index in [-0.39, 0.29) is 11.6 Å². The summed E-state index contributed by atoms with van der Waals surface area (Å²) < 4.78 is 0. The Bertz CT molecular complexity index is 480.